The van der Waals surface area contributed by atoms with Crippen molar-refractivity contribution in [2.24, 2.45) is 0 Å². The number of fused-ring (bicyclic) bond motifs is 1. The van der Waals surface area contributed by atoms with Crippen LogP contribution >= 0.6 is 0 Å². The van der Waals surface area contributed by atoms with E-state index < -0.39 is 0 Å². The summed E-state index contributed by atoms with van der Waals surface area (Å²) in [6.07, 6.45) is 7.37. The van der Waals surface area contributed by atoms with Crippen LogP contribution in [0.3, 0.4) is 0 Å². The Balaban J connectivity index is 1.34. The van der Waals surface area contributed by atoms with Gasteiger partial charge in [0.1, 0.15) is 0 Å². The topological polar surface area (TPSA) is 95.9 Å². The van der Waals surface area contributed by atoms with Crippen LogP contribution in [0.4, 0.5) is 16.6 Å². The molecule has 1 saturated heterocycles. The highest BCUT2D eigenvalue weighted by molar-refractivity contribution is 5.88. The molecule has 124 valence electrons. The van der Waals surface area contributed by atoms with E-state index in [-0.39, 0.29) is 12.1 Å². The Bertz CT molecular complexity index is 736. The van der Waals surface area contributed by atoms with Crippen molar-refractivity contribution in [1.29, 1.82) is 0 Å². The molecule has 2 aliphatic rings. The Hall–Kier alpha value is -2.77. The second-order valence-corrected chi connectivity index (χ2v) is 6.13. The lowest BCUT2D eigenvalue weighted by molar-refractivity contribution is 0.222. The summed E-state index contributed by atoms with van der Waals surface area (Å²) in [6.45, 7) is 1.30. The van der Waals surface area contributed by atoms with E-state index in [0.29, 0.717) is 24.9 Å². The molecular formula is C16H19N7O. The Morgan fingerprint density at radius 3 is 2.96 bits per heavy atom. The number of carbonyl (C=O) groups excluding carboxylic acids is 1. The van der Waals surface area contributed by atoms with E-state index in [4.69, 9.17) is 0 Å². The van der Waals surface area contributed by atoms with Gasteiger partial charge < -0.3 is 10.2 Å². The van der Waals surface area contributed by atoms with Crippen LogP contribution in [0, 0.1) is 0 Å². The zero-order valence-electron chi connectivity index (χ0n) is 13.3. The monoisotopic (exact) mass is 325 g/mol. The molecule has 8 heteroatoms. The van der Waals surface area contributed by atoms with Crippen LogP contribution in [-0.4, -0.2) is 50.2 Å². The molecule has 0 radical (unpaired) electrons. The second-order valence-electron chi connectivity index (χ2n) is 6.13. The molecule has 0 unspecified atom stereocenters. The number of anilines is 2. The average molecular weight is 325 g/mol. The van der Waals surface area contributed by atoms with Crippen LogP contribution < -0.4 is 10.6 Å². The molecule has 24 heavy (non-hydrogen) atoms. The van der Waals surface area contributed by atoms with Gasteiger partial charge in [-0.1, -0.05) is 0 Å². The third-order valence-corrected chi connectivity index (χ3v) is 4.43. The fourth-order valence-corrected chi connectivity index (χ4v) is 3.20. The van der Waals surface area contributed by atoms with Crippen molar-refractivity contribution in [3.63, 3.8) is 0 Å². The van der Waals surface area contributed by atoms with E-state index in [2.05, 4.69) is 30.8 Å². The number of nitrogens with zero attached hydrogens (tertiary/aromatic N) is 5. The highest BCUT2D eigenvalue weighted by atomic mass is 16.2. The van der Waals surface area contributed by atoms with E-state index in [9.17, 15) is 4.79 Å². The van der Waals surface area contributed by atoms with Gasteiger partial charge in [0.2, 0.25) is 5.95 Å². The molecular weight excluding hydrogens is 306 g/mol. The smallest absolute Gasteiger partial charge is 0.323 e. The SMILES string of the molecule is O=C(Nc1cc2c(nn1)CCC2)N1CC[C@H](Nc2ncccn2)C1. The number of hydrogen-bond donors (Lipinski definition) is 2. The minimum atomic E-state index is -0.138. The van der Waals surface area contributed by atoms with E-state index in [1.807, 2.05) is 6.07 Å². The van der Waals surface area contributed by atoms with Crippen molar-refractivity contribution >= 4 is 17.8 Å². The van der Waals surface area contributed by atoms with Crippen molar-refractivity contribution in [2.45, 2.75) is 31.7 Å². The van der Waals surface area contributed by atoms with Gasteiger partial charge in [-0.05, 0) is 43.4 Å². The van der Waals surface area contributed by atoms with Crippen molar-refractivity contribution in [1.82, 2.24) is 25.1 Å². The third kappa shape index (κ3) is 3.12. The van der Waals surface area contributed by atoms with Gasteiger partial charge in [-0.2, -0.15) is 5.10 Å². The maximum absolute atomic E-state index is 12.4. The number of aromatic nitrogens is 4. The number of rotatable bonds is 3. The van der Waals surface area contributed by atoms with Crippen LogP contribution in [0.2, 0.25) is 0 Å². The maximum Gasteiger partial charge on any atom is 0.323 e. The Kier molecular flexibility index (Phi) is 3.94. The van der Waals surface area contributed by atoms with E-state index in [0.717, 1.165) is 31.4 Å². The molecule has 2 N–H and O–H groups in total. The molecule has 2 aromatic heterocycles. The summed E-state index contributed by atoms with van der Waals surface area (Å²) >= 11 is 0. The number of aryl methyl sites for hydroxylation is 2. The predicted octanol–water partition coefficient (Wildman–Crippen LogP) is 1.47. The van der Waals surface area contributed by atoms with Gasteiger partial charge in [0.25, 0.3) is 0 Å². The lowest BCUT2D eigenvalue weighted by atomic mass is 10.2. The molecule has 2 aromatic rings. The summed E-state index contributed by atoms with van der Waals surface area (Å²) < 4.78 is 0. The van der Waals surface area contributed by atoms with E-state index >= 15 is 0 Å². The molecule has 4 rings (SSSR count). The zero-order chi connectivity index (χ0) is 16.4. The molecule has 1 fully saturated rings. The molecule has 0 aromatic carbocycles. The van der Waals surface area contributed by atoms with Gasteiger partial charge in [-0.25, -0.2) is 14.8 Å². The molecule has 1 aliphatic carbocycles. The highest BCUT2D eigenvalue weighted by Gasteiger charge is 2.27. The van der Waals surface area contributed by atoms with Crippen LogP contribution in [-0.2, 0) is 12.8 Å². The summed E-state index contributed by atoms with van der Waals surface area (Å²) in [4.78, 5) is 22.5. The molecule has 8 nitrogen and oxygen atoms in total. The quantitative estimate of drug-likeness (QED) is 0.887. The Labute approximate surface area is 139 Å². The fraction of sp³-hybridized carbons (Fsp3) is 0.438. The van der Waals surface area contributed by atoms with E-state index in [1.165, 1.54) is 5.56 Å². The van der Waals surface area contributed by atoms with Crippen molar-refractivity contribution in [3.8, 4) is 0 Å². The van der Waals surface area contributed by atoms with Gasteiger partial charge in [-0.15, -0.1) is 5.10 Å². The summed E-state index contributed by atoms with van der Waals surface area (Å²) in [5.74, 6) is 1.12. The number of urea groups is 1. The highest BCUT2D eigenvalue weighted by Crippen LogP contribution is 2.21. The van der Waals surface area contributed by atoms with Crippen LogP contribution in [0.25, 0.3) is 0 Å². The maximum atomic E-state index is 12.4. The Morgan fingerprint density at radius 2 is 2.08 bits per heavy atom. The summed E-state index contributed by atoms with van der Waals surface area (Å²) in [7, 11) is 0. The van der Waals surface area contributed by atoms with Crippen LogP contribution in [0.15, 0.2) is 24.5 Å². The van der Waals surface area contributed by atoms with Gasteiger partial charge in [0, 0.05) is 31.5 Å². The summed E-state index contributed by atoms with van der Waals surface area (Å²) in [5.41, 5.74) is 2.25. The summed E-state index contributed by atoms with van der Waals surface area (Å²) in [6, 6.07) is 3.73. The first kappa shape index (κ1) is 14.8. The largest absolute Gasteiger partial charge is 0.350 e. The Morgan fingerprint density at radius 1 is 1.21 bits per heavy atom. The first-order chi connectivity index (χ1) is 11.8. The average Bonchev–Trinajstić information content (AvgIpc) is 3.24. The number of likely N-dealkylation sites (tertiary alicyclic amines) is 1. The molecule has 1 atom stereocenters. The second kappa shape index (κ2) is 6.38. The number of amides is 2. The van der Waals surface area contributed by atoms with Gasteiger partial charge >= 0.3 is 6.03 Å². The van der Waals surface area contributed by atoms with E-state index in [1.54, 1.807) is 23.4 Å². The minimum Gasteiger partial charge on any atom is -0.350 e. The number of nitrogens with one attached hydrogen (secondary N) is 2. The zero-order valence-corrected chi connectivity index (χ0v) is 13.3. The van der Waals surface area contributed by atoms with Crippen LogP contribution in [0.5, 0.6) is 0 Å². The number of hydrogen-bond acceptors (Lipinski definition) is 6. The number of carbonyl (C=O) groups is 1. The van der Waals surface area contributed by atoms with Gasteiger partial charge in [-0.3, -0.25) is 5.32 Å². The lowest BCUT2D eigenvalue weighted by Crippen LogP contribution is -2.35. The molecule has 3 heterocycles. The molecule has 0 saturated carbocycles. The molecule has 0 spiro atoms. The molecule has 2 amide bonds. The van der Waals surface area contributed by atoms with Crippen molar-refractivity contribution in [3.05, 3.63) is 35.8 Å². The molecule has 1 aliphatic heterocycles. The summed E-state index contributed by atoms with van der Waals surface area (Å²) in [5, 5.41) is 14.4. The van der Waals surface area contributed by atoms with Crippen molar-refractivity contribution in [2.75, 3.05) is 23.7 Å². The lowest BCUT2D eigenvalue weighted by Gasteiger charge is -2.17. The normalized spacial score (nSPS) is 19.2. The van der Waals surface area contributed by atoms with Crippen LogP contribution in [0.1, 0.15) is 24.1 Å². The van der Waals surface area contributed by atoms with Gasteiger partial charge in [0.05, 0.1) is 5.69 Å². The first-order valence-electron chi connectivity index (χ1n) is 8.23. The van der Waals surface area contributed by atoms with Gasteiger partial charge in [0.15, 0.2) is 5.82 Å². The molecule has 0 bridgehead atoms. The predicted molar refractivity (Wildman–Crippen MR) is 88.7 cm³/mol. The van der Waals surface area contributed by atoms with Crippen molar-refractivity contribution < 1.29 is 4.79 Å². The standard InChI is InChI=1S/C16H19N7O/c24-16(20-14-9-11-3-1-4-13(11)21-22-14)23-8-5-12(10-23)19-15-17-6-2-7-18-15/h2,6-7,9,12H,1,3-5,8,10H2,(H,17,18,19)(H,20,22,24)/t12-/m0/s1. The third-order valence-electron chi connectivity index (χ3n) is 4.43. The fourth-order valence-electron chi connectivity index (χ4n) is 3.20. The first-order valence-corrected chi connectivity index (χ1v) is 8.23. The minimum absolute atomic E-state index is 0.138.